The van der Waals surface area contributed by atoms with Crippen LogP contribution in [0.1, 0.15) is 35.6 Å². The molecule has 1 amide bonds. The van der Waals surface area contributed by atoms with Gasteiger partial charge in [0.25, 0.3) is 5.24 Å². The summed E-state index contributed by atoms with van der Waals surface area (Å²) in [6.45, 7) is 1.76. The highest BCUT2D eigenvalue weighted by atomic mass is 32.2. The molecule has 2 N–H and O–H groups in total. The quantitative estimate of drug-likeness (QED) is 0.796. The van der Waals surface area contributed by atoms with Gasteiger partial charge in [0.15, 0.2) is 0 Å². The van der Waals surface area contributed by atoms with Crippen LogP contribution in [0.25, 0.3) is 0 Å². The second-order valence-electron chi connectivity index (χ2n) is 7.38. The first-order chi connectivity index (χ1) is 13.7. The average molecular weight is 398 g/mol. The summed E-state index contributed by atoms with van der Waals surface area (Å²) < 4.78 is 5.66. The lowest BCUT2D eigenvalue weighted by Gasteiger charge is -2.34. The maximum Gasteiger partial charge on any atom is 0.286 e. The number of nitrogens with zero attached hydrogens (tertiary/aromatic N) is 1. The maximum absolute atomic E-state index is 12.1. The largest absolute Gasteiger partial charge is 0.496 e. The van der Waals surface area contributed by atoms with E-state index in [1.807, 2.05) is 7.05 Å². The van der Waals surface area contributed by atoms with Gasteiger partial charge < -0.3 is 20.3 Å². The summed E-state index contributed by atoms with van der Waals surface area (Å²) in [6.07, 6.45) is 2.30. The molecule has 1 fully saturated rings. The van der Waals surface area contributed by atoms with E-state index < -0.39 is 0 Å². The Balaban J connectivity index is 1.54. The monoisotopic (exact) mass is 397 g/mol. The Hall–Kier alpha value is -2.02. The molecule has 0 bridgehead atoms. The van der Waals surface area contributed by atoms with Gasteiger partial charge in [-0.2, -0.15) is 0 Å². The fraction of sp³-hybridized carbons (Fsp3) is 0.409. The topological polar surface area (TPSA) is 53.6 Å². The summed E-state index contributed by atoms with van der Waals surface area (Å²) in [5, 5.41) is 7.50. The zero-order valence-electron chi connectivity index (χ0n) is 16.4. The van der Waals surface area contributed by atoms with Crippen molar-refractivity contribution in [3.05, 3.63) is 59.2 Å². The normalized spacial score (nSPS) is 22.1. The number of ether oxygens (including phenoxy) is 1. The maximum atomic E-state index is 12.1. The minimum absolute atomic E-state index is 0.0946. The fourth-order valence-electron chi connectivity index (χ4n) is 4.10. The molecule has 6 heteroatoms. The van der Waals surface area contributed by atoms with Crippen LogP contribution >= 0.6 is 11.8 Å². The molecule has 1 saturated heterocycles. The highest BCUT2D eigenvalue weighted by Crippen LogP contribution is 2.37. The molecule has 2 heterocycles. The van der Waals surface area contributed by atoms with Gasteiger partial charge in [-0.05, 0) is 42.6 Å². The van der Waals surface area contributed by atoms with Gasteiger partial charge in [-0.1, -0.05) is 42.1 Å². The number of amides is 1. The van der Waals surface area contributed by atoms with Crippen molar-refractivity contribution >= 4 is 22.7 Å². The summed E-state index contributed by atoms with van der Waals surface area (Å²) in [5.74, 6) is 1.58. The lowest BCUT2D eigenvalue weighted by Crippen LogP contribution is -2.45. The Kier molecular flexibility index (Phi) is 5.90. The van der Waals surface area contributed by atoms with E-state index in [-0.39, 0.29) is 5.24 Å². The number of piperidine rings is 1. The van der Waals surface area contributed by atoms with Crippen LogP contribution in [0, 0.1) is 0 Å². The molecule has 0 aromatic heterocycles. The minimum Gasteiger partial charge on any atom is -0.496 e. The Morgan fingerprint density at radius 1 is 1.29 bits per heavy atom. The second kappa shape index (κ2) is 8.55. The minimum atomic E-state index is 0.0946. The first-order valence-electron chi connectivity index (χ1n) is 9.79. The Morgan fingerprint density at radius 2 is 2.11 bits per heavy atom. The van der Waals surface area contributed by atoms with E-state index in [1.165, 1.54) is 17.3 Å². The van der Waals surface area contributed by atoms with Gasteiger partial charge in [0.05, 0.1) is 7.11 Å². The number of hydrogen-bond donors (Lipinski definition) is 2. The van der Waals surface area contributed by atoms with E-state index in [0.29, 0.717) is 24.4 Å². The number of anilines is 1. The zero-order valence-corrected chi connectivity index (χ0v) is 17.2. The van der Waals surface area contributed by atoms with Gasteiger partial charge >= 0.3 is 0 Å². The molecule has 2 aromatic carbocycles. The van der Waals surface area contributed by atoms with Crippen molar-refractivity contribution in [2.45, 2.75) is 37.2 Å². The van der Waals surface area contributed by atoms with Crippen LogP contribution < -0.4 is 20.3 Å². The number of carbonyl (C=O) groups excluding carboxylic acids is 1. The third-order valence-electron chi connectivity index (χ3n) is 5.64. The van der Waals surface area contributed by atoms with E-state index in [2.05, 4.69) is 53.1 Å². The molecule has 5 nitrogen and oxygen atoms in total. The average Bonchev–Trinajstić information content (AvgIpc) is 2.75. The summed E-state index contributed by atoms with van der Waals surface area (Å²) in [6, 6.07) is 15.5. The second-order valence-corrected chi connectivity index (χ2v) is 8.31. The number of rotatable bonds is 5. The van der Waals surface area contributed by atoms with Gasteiger partial charge in [0.1, 0.15) is 5.75 Å². The van der Waals surface area contributed by atoms with Gasteiger partial charge in [-0.3, -0.25) is 4.79 Å². The fourth-order valence-corrected chi connectivity index (χ4v) is 4.91. The molecular weight excluding hydrogens is 370 g/mol. The molecule has 0 spiro atoms. The van der Waals surface area contributed by atoms with Gasteiger partial charge in [-0.15, -0.1) is 0 Å². The van der Waals surface area contributed by atoms with Crippen LogP contribution in [0.3, 0.4) is 0 Å². The van der Waals surface area contributed by atoms with Crippen molar-refractivity contribution in [2.24, 2.45) is 0 Å². The van der Waals surface area contributed by atoms with Crippen LogP contribution in [0.15, 0.2) is 42.5 Å². The lowest BCUT2D eigenvalue weighted by atomic mass is 9.92. The van der Waals surface area contributed by atoms with Crippen LogP contribution in [-0.4, -0.2) is 32.0 Å². The molecule has 148 valence electrons. The van der Waals surface area contributed by atoms with Crippen LogP contribution in [0.5, 0.6) is 5.75 Å². The molecule has 2 aromatic rings. The number of nitrogens with one attached hydrogen (secondary N) is 2. The summed E-state index contributed by atoms with van der Waals surface area (Å²) in [5.41, 5.74) is 4.54. The summed E-state index contributed by atoms with van der Waals surface area (Å²) >= 11 is 1.34. The van der Waals surface area contributed by atoms with Gasteiger partial charge in [0.2, 0.25) is 0 Å². The van der Waals surface area contributed by atoms with E-state index in [9.17, 15) is 4.79 Å². The first-order valence-corrected chi connectivity index (χ1v) is 10.8. The predicted molar refractivity (Wildman–Crippen MR) is 115 cm³/mol. The number of hydrogen-bond acceptors (Lipinski definition) is 5. The Labute approximate surface area is 170 Å². The smallest absolute Gasteiger partial charge is 0.286 e. The molecule has 4 rings (SSSR count). The first kappa shape index (κ1) is 19.3. The third-order valence-corrected chi connectivity index (χ3v) is 6.62. The molecular formula is C22H27N3O2S. The molecule has 2 atom stereocenters. The van der Waals surface area contributed by atoms with Crippen molar-refractivity contribution in [1.82, 2.24) is 10.6 Å². The van der Waals surface area contributed by atoms with E-state index in [0.717, 1.165) is 42.0 Å². The third kappa shape index (κ3) is 3.90. The summed E-state index contributed by atoms with van der Waals surface area (Å²) in [4.78, 5) is 13.8. The van der Waals surface area contributed by atoms with Crippen molar-refractivity contribution in [3.8, 4) is 5.75 Å². The zero-order chi connectivity index (χ0) is 19.5. The molecule has 28 heavy (non-hydrogen) atoms. The SMILES string of the molecule is COc1cc2c(cc1CN[C@H]1CCCN[C@H]1c1ccccc1)N(C)C(=O)SC2. The van der Waals surface area contributed by atoms with Crippen molar-refractivity contribution < 1.29 is 9.53 Å². The number of fused-ring (bicyclic) bond motifs is 1. The highest BCUT2D eigenvalue weighted by molar-refractivity contribution is 8.13. The van der Waals surface area contributed by atoms with E-state index in [1.54, 1.807) is 12.0 Å². The Bertz CT molecular complexity index is 843. The molecule has 2 aliphatic rings. The van der Waals surface area contributed by atoms with Gasteiger partial charge in [0, 0.05) is 42.7 Å². The van der Waals surface area contributed by atoms with E-state index in [4.69, 9.17) is 4.74 Å². The molecule has 0 aliphatic carbocycles. The van der Waals surface area contributed by atoms with Crippen LogP contribution in [-0.2, 0) is 12.3 Å². The molecule has 0 saturated carbocycles. The Morgan fingerprint density at radius 3 is 2.89 bits per heavy atom. The van der Waals surface area contributed by atoms with E-state index >= 15 is 0 Å². The molecule has 0 radical (unpaired) electrons. The number of carbonyl (C=O) groups is 1. The molecule has 0 unspecified atom stereocenters. The number of methoxy groups -OCH3 is 1. The van der Waals surface area contributed by atoms with Crippen LogP contribution in [0.4, 0.5) is 10.5 Å². The lowest BCUT2D eigenvalue weighted by molar-refractivity contribution is 0.266. The summed E-state index contributed by atoms with van der Waals surface area (Å²) in [7, 11) is 3.55. The van der Waals surface area contributed by atoms with Crippen LogP contribution in [0.2, 0.25) is 0 Å². The standard InChI is InChI=1S/C22H27N3O2S/c1-25-19-11-16(20(27-2)12-17(19)14-28-22(25)26)13-24-18-9-6-10-23-21(18)15-7-4-3-5-8-15/h3-5,7-8,11-12,18,21,23-24H,6,9-10,13-14H2,1-2H3/t18-,21-/m0/s1. The van der Waals surface area contributed by atoms with Crippen molar-refractivity contribution in [1.29, 1.82) is 0 Å². The number of benzene rings is 2. The van der Waals surface area contributed by atoms with Crippen molar-refractivity contribution in [2.75, 3.05) is 25.6 Å². The predicted octanol–water partition coefficient (Wildman–Crippen LogP) is 4.08. The van der Waals surface area contributed by atoms with Crippen molar-refractivity contribution in [3.63, 3.8) is 0 Å². The molecule has 2 aliphatic heterocycles. The number of thioether (sulfide) groups is 1. The van der Waals surface area contributed by atoms with Gasteiger partial charge in [-0.25, -0.2) is 0 Å². The highest BCUT2D eigenvalue weighted by Gasteiger charge is 2.27.